The van der Waals surface area contributed by atoms with Crippen LogP contribution in [-0.2, 0) is 6.54 Å². The maximum absolute atomic E-state index is 6.41. The van der Waals surface area contributed by atoms with Gasteiger partial charge in [0.25, 0.3) is 0 Å². The largest absolute Gasteiger partial charge is 0.495 e. The second-order valence-corrected chi connectivity index (χ2v) is 5.69. The molecule has 2 N–H and O–H groups in total. The summed E-state index contributed by atoms with van der Waals surface area (Å²) in [5.74, 6) is 0.990. The lowest BCUT2D eigenvalue weighted by Gasteiger charge is -2.14. The second kappa shape index (κ2) is 6.29. The highest BCUT2D eigenvalue weighted by atomic mass is 35.5. The van der Waals surface area contributed by atoms with Crippen LogP contribution < -0.4 is 15.2 Å². The molecule has 3 aromatic rings. The molecule has 0 fully saturated rings. The summed E-state index contributed by atoms with van der Waals surface area (Å²) in [5.41, 5.74) is 7.39. The Balaban J connectivity index is 2.12. The van der Waals surface area contributed by atoms with Crippen LogP contribution in [0.4, 0.5) is 5.95 Å². The molecule has 0 saturated heterocycles. The van der Waals surface area contributed by atoms with E-state index in [9.17, 15) is 0 Å². The zero-order valence-corrected chi connectivity index (χ0v) is 14.7. The molecule has 0 unspecified atom stereocenters. The highest BCUT2D eigenvalue weighted by Gasteiger charge is 2.19. The Morgan fingerprint density at radius 2 is 1.92 bits per heavy atom. The van der Waals surface area contributed by atoms with E-state index in [1.54, 1.807) is 10.9 Å². The van der Waals surface area contributed by atoms with E-state index >= 15 is 0 Å². The van der Waals surface area contributed by atoms with Crippen molar-refractivity contribution in [1.29, 1.82) is 0 Å². The standard InChI is InChI=1S/C14H14Cl2N6O2/c1-6-10(23-2)9(15)8(19-13(6)24-3)5-22-12-7(4-18-22)11(16)20-14(17)21-12/h4H,5H2,1-3H3,(H2,17,20,21). The van der Waals surface area contributed by atoms with Crippen LogP contribution in [-0.4, -0.2) is 39.0 Å². The SMILES string of the molecule is COc1nc(Cn2ncc3c(Cl)nc(N)nc32)c(Cl)c(OC)c1C. The number of hydrogen-bond donors (Lipinski definition) is 1. The van der Waals surface area contributed by atoms with Crippen LogP contribution in [0.5, 0.6) is 11.6 Å². The molecule has 126 valence electrons. The first kappa shape index (κ1) is 16.5. The molecule has 0 aliphatic carbocycles. The fourth-order valence-electron chi connectivity index (χ4n) is 2.39. The summed E-state index contributed by atoms with van der Waals surface area (Å²) in [6, 6.07) is 0. The van der Waals surface area contributed by atoms with Crippen LogP contribution in [0.15, 0.2) is 6.20 Å². The summed E-state index contributed by atoms with van der Waals surface area (Å²) in [7, 11) is 3.07. The van der Waals surface area contributed by atoms with Crippen molar-refractivity contribution >= 4 is 40.2 Å². The fourth-order valence-corrected chi connectivity index (χ4v) is 2.93. The number of hydrogen-bond acceptors (Lipinski definition) is 7. The molecule has 3 rings (SSSR count). The Morgan fingerprint density at radius 3 is 2.58 bits per heavy atom. The molecule has 0 radical (unpaired) electrons. The van der Waals surface area contributed by atoms with Gasteiger partial charge in [0, 0.05) is 0 Å². The first-order valence-corrected chi connectivity index (χ1v) is 7.63. The number of methoxy groups -OCH3 is 2. The average molecular weight is 369 g/mol. The van der Waals surface area contributed by atoms with Crippen molar-refractivity contribution < 1.29 is 9.47 Å². The third kappa shape index (κ3) is 2.67. The molecular formula is C14H14Cl2N6O2. The number of aromatic nitrogens is 5. The Labute approximate surface area is 147 Å². The maximum Gasteiger partial charge on any atom is 0.223 e. The lowest BCUT2D eigenvalue weighted by molar-refractivity contribution is 0.374. The van der Waals surface area contributed by atoms with Gasteiger partial charge in [-0.1, -0.05) is 23.2 Å². The second-order valence-electron chi connectivity index (χ2n) is 4.95. The summed E-state index contributed by atoms with van der Waals surface area (Å²) in [5, 5.41) is 5.47. The Kier molecular flexibility index (Phi) is 4.33. The zero-order chi connectivity index (χ0) is 17.4. The highest BCUT2D eigenvalue weighted by Crippen LogP contribution is 2.36. The molecule has 3 heterocycles. The molecule has 0 saturated carbocycles. The van der Waals surface area contributed by atoms with Gasteiger partial charge in [-0.25, -0.2) is 14.6 Å². The first-order valence-electron chi connectivity index (χ1n) is 6.87. The minimum Gasteiger partial charge on any atom is -0.495 e. The topological polar surface area (TPSA) is 101 Å². The third-order valence-electron chi connectivity index (χ3n) is 3.51. The summed E-state index contributed by atoms with van der Waals surface area (Å²) < 4.78 is 12.2. The number of anilines is 1. The number of ether oxygens (including phenoxy) is 2. The van der Waals surface area contributed by atoms with Crippen molar-refractivity contribution in [3.8, 4) is 11.6 Å². The summed E-state index contributed by atoms with van der Waals surface area (Å²) in [6.45, 7) is 2.06. The normalized spacial score (nSPS) is 11.0. The van der Waals surface area contributed by atoms with Gasteiger partial charge in [0.2, 0.25) is 11.8 Å². The number of halogens is 2. The molecule has 0 spiro atoms. The Hall–Kier alpha value is -2.32. The zero-order valence-electron chi connectivity index (χ0n) is 13.2. The molecule has 0 bridgehead atoms. The fraction of sp³-hybridized carbons (Fsp3) is 0.286. The van der Waals surface area contributed by atoms with Gasteiger partial charge in [-0.05, 0) is 6.92 Å². The number of nitrogen functional groups attached to an aromatic ring is 1. The van der Waals surface area contributed by atoms with Gasteiger partial charge in [-0.15, -0.1) is 0 Å². The van der Waals surface area contributed by atoms with Crippen LogP contribution in [0.3, 0.4) is 0 Å². The van der Waals surface area contributed by atoms with Crippen molar-refractivity contribution in [1.82, 2.24) is 24.7 Å². The van der Waals surface area contributed by atoms with E-state index in [0.717, 1.165) is 0 Å². The average Bonchev–Trinajstić information content (AvgIpc) is 2.93. The van der Waals surface area contributed by atoms with Gasteiger partial charge < -0.3 is 15.2 Å². The van der Waals surface area contributed by atoms with Crippen molar-refractivity contribution in [2.24, 2.45) is 0 Å². The van der Waals surface area contributed by atoms with E-state index in [2.05, 4.69) is 20.1 Å². The van der Waals surface area contributed by atoms with Crippen LogP contribution in [0.1, 0.15) is 11.3 Å². The summed E-state index contributed by atoms with van der Waals surface area (Å²) >= 11 is 12.5. The number of nitrogens with zero attached hydrogens (tertiary/aromatic N) is 5. The number of fused-ring (bicyclic) bond motifs is 1. The minimum absolute atomic E-state index is 0.0624. The van der Waals surface area contributed by atoms with Gasteiger partial charge in [-0.3, -0.25) is 0 Å². The van der Waals surface area contributed by atoms with Crippen LogP contribution in [0.2, 0.25) is 10.2 Å². The molecular weight excluding hydrogens is 355 g/mol. The highest BCUT2D eigenvalue weighted by molar-refractivity contribution is 6.34. The van der Waals surface area contributed by atoms with Gasteiger partial charge >= 0.3 is 0 Å². The predicted octanol–water partition coefficient (Wildman–Crippen LogP) is 2.48. The Bertz CT molecular complexity index is 928. The molecule has 0 atom stereocenters. The smallest absolute Gasteiger partial charge is 0.223 e. The maximum atomic E-state index is 6.41. The van der Waals surface area contributed by atoms with E-state index in [-0.39, 0.29) is 17.6 Å². The van der Waals surface area contributed by atoms with E-state index in [1.807, 2.05) is 6.92 Å². The number of pyridine rings is 1. The quantitative estimate of drug-likeness (QED) is 0.705. The molecule has 10 heteroatoms. The first-order chi connectivity index (χ1) is 11.5. The molecule has 0 aliphatic heterocycles. The van der Waals surface area contributed by atoms with Crippen molar-refractivity contribution in [3.63, 3.8) is 0 Å². The van der Waals surface area contributed by atoms with Crippen molar-refractivity contribution in [2.75, 3.05) is 20.0 Å². The Morgan fingerprint density at radius 1 is 1.17 bits per heavy atom. The third-order valence-corrected chi connectivity index (χ3v) is 4.19. The van der Waals surface area contributed by atoms with Gasteiger partial charge in [0.1, 0.15) is 15.9 Å². The van der Waals surface area contributed by atoms with Crippen molar-refractivity contribution in [3.05, 3.63) is 27.6 Å². The van der Waals surface area contributed by atoms with Gasteiger partial charge in [-0.2, -0.15) is 10.1 Å². The lowest BCUT2D eigenvalue weighted by Crippen LogP contribution is -2.09. The summed E-state index contributed by atoms with van der Waals surface area (Å²) in [4.78, 5) is 12.5. The molecule has 0 aliphatic rings. The molecule has 0 aromatic carbocycles. The predicted molar refractivity (Wildman–Crippen MR) is 90.9 cm³/mol. The summed E-state index contributed by atoms with van der Waals surface area (Å²) in [6.07, 6.45) is 1.56. The molecule has 8 nitrogen and oxygen atoms in total. The van der Waals surface area contributed by atoms with E-state index < -0.39 is 0 Å². The van der Waals surface area contributed by atoms with E-state index in [4.69, 9.17) is 38.4 Å². The van der Waals surface area contributed by atoms with Crippen molar-refractivity contribution in [2.45, 2.75) is 13.5 Å². The number of nitrogens with two attached hydrogens (primary N) is 1. The van der Waals surface area contributed by atoms with Crippen LogP contribution >= 0.6 is 23.2 Å². The molecule has 3 aromatic heterocycles. The van der Waals surface area contributed by atoms with E-state index in [1.165, 1.54) is 14.2 Å². The van der Waals surface area contributed by atoms with Crippen LogP contribution in [0, 0.1) is 6.92 Å². The monoisotopic (exact) mass is 368 g/mol. The molecule has 24 heavy (non-hydrogen) atoms. The number of rotatable bonds is 4. The van der Waals surface area contributed by atoms with Crippen LogP contribution in [0.25, 0.3) is 11.0 Å². The van der Waals surface area contributed by atoms with Gasteiger partial charge in [0.15, 0.2) is 5.65 Å². The lowest BCUT2D eigenvalue weighted by atomic mass is 10.2. The van der Waals surface area contributed by atoms with Gasteiger partial charge in [0.05, 0.1) is 43.6 Å². The molecule has 0 amide bonds. The minimum atomic E-state index is 0.0624. The van der Waals surface area contributed by atoms with E-state index in [0.29, 0.717) is 38.9 Å².